The van der Waals surface area contributed by atoms with Gasteiger partial charge in [-0.2, -0.15) is 0 Å². The molecule has 2 heterocycles. The van der Waals surface area contributed by atoms with E-state index in [1.54, 1.807) is 55.5 Å². The van der Waals surface area contributed by atoms with Crippen molar-refractivity contribution in [2.24, 2.45) is 0 Å². The van der Waals surface area contributed by atoms with Crippen LogP contribution in [0.25, 0.3) is 17.3 Å². The number of nitrogens with zero attached hydrogens (tertiary/aromatic N) is 1. The lowest BCUT2D eigenvalue weighted by molar-refractivity contribution is -0.112. The maximum atomic E-state index is 12.5. The number of halogens is 1. The van der Waals surface area contributed by atoms with Crippen LogP contribution in [-0.2, 0) is 9.53 Å². The van der Waals surface area contributed by atoms with Gasteiger partial charge in [0.05, 0.1) is 6.61 Å². The molecule has 0 fully saturated rings. The predicted molar refractivity (Wildman–Crippen MR) is 118 cm³/mol. The van der Waals surface area contributed by atoms with Crippen LogP contribution in [0.5, 0.6) is 11.5 Å². The zero-order valence-corrected chi connectivity index (χ0v) is 17.8. The molecule has 3 aromatic rings. The third kappa shape index (κ3) is 4.76. The summed E-state index contributed by atoms with van der Waals surface area (Å²) in [5.41, 5.74) is 1.60. The van der Waals surface area contributed by atoms with Crippen molar-refractivity contribution in [2.75, 3.05) is 25.1 Å². The van der Waals surface area contributed by atoms with E-state index in [0.29, 0.717) is 35.3 Å². The van der Waals surface area contributed by atoms with E-state index in [-0.39, 0.29) is 23.7 Å². The summed E-state index contributed by atoms with van der Waals surface area (Å²) < 4.78 is 21.4. The third-order valence-corrected chi connectivity index (χ3v) is 4.77. The average molecular weight is 455 g/mol. The van der Waals surface area contributed by atoms with Crippen molar-refractivity contribution >= 4 is 35.4 Å². The first kappa shape index (κ1) is 21.5. The minimum atomic E-state index is -0.662. The molecule has 1 aromatic heterocycles. The van der Waals surface area contributed by atoms with Gasteiger partial charge in [0, 0.05) is 16.7 Å². The van der Waals surface area contributed by atoms with E-state index in [0.717, 1.165) is 5.56 Å². The highest BCUT2D eigenvalue weighted by atomic mass is 35.5. The van der Waals surface area contributed by atoms with Gasteiger partial charge in [-0.3, -0.25) is 10.1 Å². The van der Waals surface area contributed by atoms with Crippen LogP contribution >= 0.6 is 11.6 Å². The molecule has 1 amide bonds. The van der Waals surface area contributed by atoms with Crippen molar-refractivity contribution < 1.29 is 28.3 Å². The van der Waals surface area contributed by atoms with Gasteiger partial charge >= 0.3 is 5.97 Å². The number of ether oxygens (including phenoxy) is 3. The summed E-state index contributed by atoms with van der Waals surface area (Å²) in [5.74, 6) is -0.00107. The van der Waals surface area contributed by atoms with E-state index in [1.807, 2.05) is 0 Å². The summed E-state index contributed by atoms with van der Waals surface area (Å²) >= 11 is 5.93. The molecule has 0 radical (unpaired) electrons. The molecule has 1 N–H and O–H groups in total. The van der Waals surface area contributed by atoms with E-state index >= 15 is 0 Å². The molecule has 0 saturated carbocycles. The second-order valence-corrected chi connectivity index (χ2v) is 7.12. The van der Waals surface area contributed by atoms with Crippen LogP contribution in [0.3, 0.4) is 0 Å². The van der Waals surface area contributed by atoms with E-state index < -0.39 is 11.9 Å². The minimum absolute atomic E-state index is 0.0234. The number of aromatic nitrogens is 1. The topological polar surface area (TPSA) is 99.9 Å². The first-order valence-corrected chi connectivity index (χ1v) is 10.2. The molecule has 0 spiro atoms. The summed E-state index contributed by atoms with van der Waals surface area (Å²) in [5, 5.41) is 7.03. The lowest BCUT2D eigenvalue weighted by Crippen LogP contribution is -2.15. The number of esters is 1. The number of carbonyl (C=O) groups is 2. The van der Waals surface area contributed by atoms with Crippen molar-refractivity contribution in [1.29, 1.82) is 0 Å². The van der Waals surface area contributed by atoms with E-state index in [1.165, 1.54) is 6.08 Å². The lowest BCUT2D eigenvalue weighted by atomic mass is 10.1. The highest BCUT2D eigenvalue weighted by molar-refractivity contribution is 6.30. The first-order chi connectivity index (χ1) is 15.5. The van der Waals surface area contributed by atoms with Gasteiger partial charge in [0.15, 0.2) is 17.1 Å². The molecule has 0 unspecified atom stereocenters. The van der Waals surface area contributed by atoms with Gasteiger partial charge in [0.2, 0.25) is 5.88 Å². The van der Waals surface area contributed by atoms with Gasteiger partial charge in [-0.1, -0.05) is 35.0 Å². The number of benzene rings is 2. The van der Waals surface area contributed by atoms with E-state index in [2.05, 4.69) is 10.5 Å². The molecule has 0 aliphatic carbocycles. The minimum Gasteiger partial charge on any atom is -0.486 e. The van der Waals surface area contributed by atoms with Crippen molar-refractivity contribution in [2.45, 2.75) is 6.92 Å². The van der Waals surface area contributed by atoms with Gasteiger partial charge in [0.1, 0.15) is 18.9 Å². The van der Waals surface area contributed by atoms with E-state index in [4.69, 9.17) is 30.3 Å². The normalized spacial score (nSPS) is 12.6. The van der Waals surface area contributed by atoms with Gasteiger partial charge in [-0.15, -0.1) is 0 Å². The van der Waals surface area contributed by atoms with Crippen molar-refractivity contribution in [3.63, 3.8) is 0 Å². The maximum Gasteiger partial charge on any atom is 0.346 e. The number of carbonyl (C=O) groups excluding carboxylic acids is 2. The highest BCUT2D eigenvalue weighted by Crippen LogP contribution is 2.32. The Morgan fingerprint density at radius 2 is 1.88 bits per heavy atom. The largest absolute Gasteiger partial charge is 0.486 e. The van der Waals surface area contributed by atoms with Gasteiger partial charge in [0.25, 0.3) is 5.91 Å². The van der Waals surface area contributed by atoms with Gasteiger partial charge in [-0.05, 0) is 42.8 Å². The van der Waals surface area contributed by atoms with Gasteiger partial charge in [-0.25, -0.2) is 4.79 Å². The monoisotopic (exact) mass is 454 g/mol. The Balaban J connectivity index is 1.55. The molecule has 0 saturated heterocycles. The third-order valence-electron chi connectivity index (χ3n) is 4.52. The number of fused-ring (bicyclic) bond motifs is 1. The zero-order chi connectivity index (χ0) is 22.5. The van der Waals surface area contributed by atoms with Crippen molar-refractivity contribution in [3.8, 4) is 22.8 Å². The molecule has 2 aromatic carbocycles. The molecular formula is C23H19ClN2O6. The second kappa shape index (κ2) is 9.57. The number of hydrogen-bond acceptors (Lipinski definition) is 7. The predicted octanol–water partition coefficient (Wildman–Crippen LogP) is 4.59. The Kier molecular flexibility index (Phi) is 6.42. The van der Waals surface area contributed by atoms with Crippen LogP contribution in [0.1, 0.15) is 22.8 Å². The summed E-state index contributed by atoms with van der Waals surface area (Å²) in [4.78, 5) is 25.0. The number of amides is 1. The van der Waals surface area contributed by atoms with Crippen molar-refractivity contribution in [1.82, 2.24) is 5.16 Å². The molecule has 1 aliphatic rings. The number of nitrogens with one attached hydrogen (secondary N) is 1. The quantitative estimate of drug-likeness (QED) is 0.429. The first-order valence-electron chi connectivity index (χ1n) is 9.86. The number of hydrogen-bond donors (Lipinski definition) is 1. The Bertz CT molecular complexity index is 1170. The van der Waals surface area contributed by atoms with Gasteiger partial charge < -0.3 is 18.7 Å². The molecule has 4 rings (SSSR count). The molecule has 9 heteroatoms. The lowest BCUT2D eigenvalue weighted by Gasteiger charge is -2.18. The number of rotatable bonds is 6. The second-order valence-electron chi connectivity index (χ2n) is 6.69. The highest BCUT2D eigenvalue weighted by Gasteiger charge is 2.26. The maximum absolute atomic E-state index is 12.5. The summed E-state index contributed by atoms with van der Waals surface area (Å²) in [7, 11) is 0. The SMILES string of the molecule is CCOC(=O)c1c(-c2ccc(Cl)cc2)noc1NC(=O)/C=C\c1ccc2c(c1)OCCO2. The molecule has 32 heavy (non-hydrogen) atoms. The Hall–Kier alpha value is -3.78. The summed E-state index contributed by atoms with van der Waals surface area (Å²) in [6.45, 7) is 2.81. The van der Waals surface area contributed by atoms with Crippen LogP contribution in [0.4, 0.5) is 5.88 Å². The molecule has 0 bridgehead atoms. The van der Waals surface area contributed by atoms with Crippen molar-refractivity contribution in [3.05, 3.63) is 64.7 Å². The molecular weight excluding hydrogens is 436 g/mol. The fraction of sp³-hybridized carbons (Fsp3) is 0.174. The molecule has 164 valence electrons. The zero-order valence-electron chi connectivity index (χ0n) is 17.1. The van der Waals surface area contributed by atoms with Crippen LogP contribution in [0.2, 0.25) is 5.02 Å². The average Bonchev–Trinajstić information content (AvgIpc) is 3.21. The Labute approximate surface area is 188 Å². The molecule has 1 aliphatic heterocycles. The van der Waals surface area contributed by atoms with Crippen LogP contribution in [0.15, 0.2) is 53.1 Å². The van der Waals surface area contributed by atoms with Crippen LogP contribution in [0, 0.1) is 0 Å². The number of anilines is 1. The molecule has 0 atom stereocenters. The Morgan fingerprint density at radius 1 is 1.12 bits per heavy atom. The smallest absolute Gasteiger partial charge is 0.346 e. The van der Waals surface area contributed by atoms with E-state index in [9.17, 15) is 9.59 Å². The van der Waals surface area contributed by atoms with Crippen LogP contribution < -0.4 is 14.8 Å². The van der Waals surface area contributed by atoms with Crippen LogP contribution in [-0.4, -0.2) is 36.9 Å². The fourth-order valence-corrected chi connectivity index (χ4v) is 3.19. The standard InChI is InChI=1S/C23H19ClN2O6/c1-2-29-23(28)20-21(15-5-7-16(24)8-6-15)26-32-22(20)25-19(27)10-4-14-3-9-17-18(13-14)31-12-11-30-17/h3-10,13H,2,11-12H2,1H3,(H,25,27)/b10-4-. The summed E-state index contributed by atoms with van der Waals surface area (Å²) in [6, 6.07) is 12.1. The fourth-order valence-electron chi connectivity index (χ4n) is 3.06. The molecule has 8 nitrogen and oxygen atoms in total. The summed E-state index contributed by atoms with van der Waals surface area (Å²) in [6.07, 6.45) is 2.92. The Morgan fingerprint density at radius 3 is 2.62 bits per heavy atom.